The molecule has 0 saturated heterocycles. The summed E-state index contributed by atoms with van der Waals surface area (Å²) >= 11 is 0. The topological polar surface area (TPSA) is 50.2 Å². The highest BCUT2D eigenvalue weighted by molar-refractivity contribution is 5.98. The zero-order valence-corrected chi connectivity index (χ0v) is 12.6. The summed E-state index contributed by atoms with van der Waals surface area (Å²) in [6, 6.07) is 9.90. The molecule has 2 heterocycles. The molecular weight excluding hydrogens is 264 g/mol. The first kappa shape index (κ1) is 13.8. The van der Waals surface area contributed by atoms with E-state index in [0.29, 0.717) is 13.1 Å². The van der Waals surface area contributed by atoms with Crippen LogP contribution in [0.25, 0.3) is 0 Å². The third-order valence-electron chi connectivity index (χ3n) is 3.94. The van der Waals surface area contributed by atoms with E-state index in [-0.39, 0.29) is 11.9 Å². The van der Waals surface area contributed by atoms with Gasteiger partial charge < -0.3 is 10.2 Å². The molecule has 1 aromatic heterocycles. The Balaban J connectivity index is 2.01. The van der Waals surface area contributed by atoms with Crippen LogP contribution in [0.3, 0.4) is 0 Å². The van der Waals surface area contributed by atoms with Gasteiger partial charge in [0.05, 0.1) is 24.0 Å². The molecule has 0 bridgehead atoms. The molecule has 1 aliphatic rings. The van der Waals surface area contributed by atoms with Crippen LogP contribution >= 0.6 is 0 Å². The van der Waals surface area contributed by atoms with Crippen molar-refractivity contribution in [2.45, 2.75) is 33.0 Å². The van der Waals surface area contributed by atoms with E-state index in [1.165, 1.54) is 0 Å². The lowest BCUT2D eigenvalue weighted by atomic mass is 10.1. The number of anilines is 1. The van der Waals surface area contributed by atoms with Gasteiger partial charge in [-0.25, -0.2) is 0 Å². The number of rotatable bonds is 2. The van der Waals surface area contributed by atoms with Crippen LogP contribution in [-0.4, -0.2) is 21.7 Å². The second-order valence-electron chi connectivity index (χ2n) is 5.56. The summed E-state index contributed by atoms with van der Waals surface area (Å²) in [5.41, 5.74) is 4.13. The summed E-state index contributed by atoms with van der Waals surface area (Å²) in [4.78, 5) is 14.5. The maximum atomic E-state index is 12.7. The molecule has 1 amide bonds. The normalized spacial score (nSPS) is 18.5. The van der Waals surface area contributed by atoms with Crippen LogP contribution in [0.2, 0.25) is 0 Å². The first-order chi connectivity index (χ1) is 10.1. The number of benzene rings is 1. The summed E-state index contributed by atoms with van der Waals surface area (Å²) < 4.78 is 1.84. The third-order valence-corrected chi connectivity index (χ3v) is 3.94. The van der Waals surface area contributed by atoms with Crippen LogP contribution in [0.1, 0.15) is 23.9 Å². The fourth-order valence-corrected chi connectivity index (χ4v) is 2.76. The highest BCUT2D eigenvalue weighted by Crippen LogP contribution is 2.25. The molecule has 0 saturated carbocycles. The first-order valence-electron chi connectivity index (χ1n) is 7.18. The number of fused-ring (bicyclic) bond motifs is 1. The lowest BCUT2D eigenvalue weighted by Gasteiger charge is -2.24. The molecular formula is C16H20N4O. The molecule has 21 heavy (non-hydrogen) atoms. The molecule has 1 N–H and O–H groups in total. The van der Waals surface area contributed by atoms with Crippen LogP contribution in [0.15, 0.2) is 30.3 Å². The molecule has 3 rings (SSSR count). The minimum absolute atomic E-state index is 0.0961. The summed E-state index contributed by atoms with van der Waals surface area (Å²) in [7, 11) is 1.91. The molecule has 5 nitrogen and oxygen atoms in total. The standard InChI is InChI=1S/C16H20N4O/c1-11-8-14(19(3)18-11)10-20-15-7-5-4-6-13(15)9-17-12(2)16(20)21/h4-8,12,17H,9-10H2,1-3H3. The summed E-state index contributed by atoms with van der Waals surface area (Å²) in [5, 5.41) is 7.64. The number of aryl methyl sites for hydroxylation is 2. The summed E-state index contributed by atoms with van der Waals surface area (Å²) in [6.07, 6.45) is 0. The Kier molecular flexibility index (Phi) is 3.51. The van der Waals surface area contributed by atoms with E-state index in [0.717, 1.165) is 22.6 Å². The Morgan fingerprint density at radius 3 is 2.86 bits per heavy atom. The average molecular weight is 284 g/mol. The van der Waals surface area contributed by atoms with Crippen molar-refractivity contribution in [1.82, 2.24) is 15.1 Å². The number of carbonyl (C=O) groups is 1. The van der Waals surface area contributed by atoms with E-state index in [4.69, 9.17) is 0 Å². The van der Waals surface area contributed by atoms with Gasteiger partial charge in [-0.2, -0.15) is 5.10 Å². The number of aromatic nitrogens is 2. The Hall–Kier alpha value is -2.14. The van der Waals surface area contributed by atoms with Gasteiger partial charge in [-0.15, -0.1) is 0 Å². The minimum atomic E-state index is -0.188. The smallest absolute Gasteiger partial charge is 0.244 e. The van der Waals surface area contributed by atoms with Gasteiger partial charge in [-0.3, -0.25) is 9.48 Å². The summed E-state index contributed by atoms with van der Waals surface area (Å²) in [5.74, 6) is 0.0961. The van der Waals surface area contributed by atoms with Crippen LogP contribution in [0.5, 0.6) is 0 Å². The number of nitrogens with zero attached hydrogens (tertiary/aromatic N) is 3. The highest BCUT2D eigenvalue weighted by Gasteiger charge is 2.27. The van der Waals surface area contributed by atoms with Crippen molar-refractivity contribution in [2.24, 2.45) is 7.05 Å². The van der Waals surface area contributed by atoms with Gasteiger partial charge in [0, 0.05) is 19.3 Å². The Labute approximate surface area is 124 Å². The largest absolute Gasteiger partial charge is 0.305 e. The van der Waals surface area contributed by atoms with Gasteiger partial charge in [-0.05, 0) is 31.5 Å². The van der Waals surface area contributed by atoms with Gasteiger partial charge in [0.15, 0.2) is 0 Å². The van der Waals surface area contributed by atoms with Crippen molar-refractivity contribution >= 4 is 11.6 Å². The van der Waals surface area contributed by atoms with Crippen molar-refractivity contribution in [3.8, 4) is 0 Å². The number of amides is 1. The molecule has 0 aliphatic carbocycles. The van der Waals surface area contributed by atoms with Crippen molar-refractivity contribution < 1.29 is 4.79 Å². The zero-order chi connectivity index (χ0) is 15.0. The van der Waals surface area contributed by atoms with Crippen molar-refractivity contribution in [3.63, 3.8) is 0 Å². The quantitative estimate of drug-likeness (QED) is 0.914. The van der Waals surface area contributed by atoms with Crippen LogP contribution < -0.4 is 10.2 Å². The van der Waals surface area contributed by atoms with Crippen LogP contribution in [-0.2, 0) is 24.9 Å². The molecule has 1 unspecified atom stereocenters. The fourth-order valence-electron chi connectivity index (χ4n) is 2.76. The Bertz CT molecular complexity index is 677. The Morgan fingerprint density at radius 2 is 2.14 bits per heavy atom. The van der Waals surface area contributed by atoms with E-state index in [9.17, 15) is 4.79 Å². The number of carbonyl (C=O) groups excluding carboxylic acids is 1. The zero-order valence-electron chi connectivity index (χ0n) is 12.6. The summed E-state index contributed by atoms with van der Waals surface area (Å²) in [6.45, 7) is 5.13. The van der Waals surface area contributed by atoms with E-state index in [1.54, 1.807) is 0 Å². The van der Waals surface area contributed by atoms with E-state index < -0.39 is 0 Å². The number of hydrogen-bond acceptors (Lipinski definition) is 3. The first-order valence-corrected chi connectivity index (χ1v) is 7.18. The van der Waals surface area contributed by atoms with E-state index in [2.05, 4.69) is 16.5 Å². The number of para-hydroxylation sites is 1. The molecule has 0 spiro atoms. The molecule has 0 fully saturated rings. The average Bonchev–Trinajstić information content (AvgIpc) is 2.73. The van der Waals surface area contributed by atoms with Crippen molar-refractivity contribution in [3.05, 3.63) is 47.3 Å². The van der Waals surface area contributed by atoms with Crippen LogP contribution in [0.4, 0.5) is 5.69 Å². The maximum absolute atomic E-state index is 12.7. The molecule has 0 radical (unpaired) electrons. The third kappa shape index (κ3) is 2.56. The molecule has 1 aromatic carbocycles. The van der Waals surface area contributed by atoms with Crippen molar-refractivity contribution in [1.29, 1.82) is 0 Å². The van der Waals surface area contributed by atoms with Gasteiger partial charge in [-0.1, -0.05) is 18.2 Å². The van der Waals surface area contributed by atoms with Crippen LogP contribution in [0, 0.1) is 6.92 Å². The minimum Gasteiger partial charge on any atom is -0.305 e. The van der Waals surface area contributed by atoms with Gasteiger partial charge in [0.1, 0.15) is 0 Å². The lowest BCUT2D eigenvalue weighted by Crippen LogP contribution is -2.42. The molecule has 2 aromatic rings. The van der Waals surface area contributed by atoms with Gasteiger partial charge in [0.2, 0.25) is 5.91 Å². The predicted octanol–water partition coefficient (Wildman–Crippen LogP) is 1.75. The van der Waals surface area contributed by atoms with Gasteiger partial charge >= 0.3 is 0 Å². The van der Waals surface area contributed by atoms with E-state index in [1.807, 2.05) is 54.7 Å². The lowest BCUT2D eigenvalue weighted by molar-refractivity contribution is -0.120. The monoisotopic (exact) mass is 284 g/mol. The molecule has 5 heteroatoms. The second-order valence-corrected chi connectivity index (χ2v) is 5.56. The number of nitrogens with one attached hydrogen (secondary N) is 1. The van der Waals surface area contributed by atoms with Crippen molar-refractivity contribution in [2.75, 3.05) is 4.90 Å². The molecule has 110 valence electrons. The maximum Gasteiger partial charge on any atom is 0.244 e. The SMILES string of the molecule is Cc1cc(CN2C(=O)C(C)NCc3ccccc32)n(C)n1. The fraction of sp³-hybridized carbons (Fsp3) is 0.375. The van der Waals surface area contributed by atoms with E-state index >= 15 is 0 Å². The predicted molar refractivity (Wildman–Crippen MR) is 81.9 cm³/mol. The molecule has 1 aliphatic heterocycles. The highest BCUT2D eigenvalue weighted by atomic mass is 16.2. The Morgan fingerprint density at radius 1 is 1.38 bits per heavy atom. The van der Waals surface area contributed by atoms with Gasteiger partial charge in [0.25, 0.3) is 0 Å². The second kappa shape index (κ2) is 5.33. The number of hydrogen-bond donors (Lipinski definition) is 1. The molecule has 1 atom stereocenters.